The Bertz CT molecular complexity index is 1240. The van der Waals surface area contributed by atoms with E-state index in [1.54, 1.807) is 30.3 Å². The highest BCUT2D eigenvalue weighted by Gasteiger charge is 2.58. The lowest BCUT2D eigenvalue weighted by molar-refractivity contribution is -0.141. The molecule has 2 atom stereocenters. The lowest BCUT2D eigenvalue weighted by Gasteiger charge is -2.26. The molecule has 3 rings (SSSR count). The quantitative estimate of drug-likeness (QED) is 0.205. The van der Waals surface area contributed by atoms with Gasteiger partial charge in [0.1, 0.15) is 30.0 Å². The third-order valence-electron chi connectivity index (χ3n) is 4.85. The van der Waals surface area contributed by atoms with Gasteiger partial charge in [-0.05, 0) is 19.1 Å². The summed E-state index contributed by atoms with van der Waals surface area (Å²) in [6, 6.07) is 9.00. The molecular weight excluding hydrogens is 542 g/mol. The zero-order chi connectivity index (χ0) is 26.2. The molecule has 0 spiro atoms. The monoisotopic (exact) mass is 562 g/mol. The van der Waals surface area contributed by atoms with E-state index in [1.165, 1.54) is 4.72 Å². The van der Waals surface area contributed by atoms with Gasteiger partial charge in [-0.15, -0.1) is 0 Å². The van der Waals surface area contributed by atoms with E-state index in [4.69, 9.17) is 14.5 Å². The van der Waals surface area contributed by atoms with Gasteiger partial charge < -0.3 is 19.8 Å². The van der Waals surface area contributed by atoms with E-state index in [0.29, 0.717) is 18.7 Å². The molecule has 0 aromatic heterocycles. The van der Waals surface area contributed by atoms with Gasteiger partial charge in [0.15, 0.2) is 10.3 Å². The van der Waals surface area contributed by atoms with E-state index in [9.17, 15) is 30.5 Å². The zero-order valence-corrected chi connectivity index (χ0v) is 20.4. The van der Waals surface area contributed by atoms with Crippen LogP contribution in [0.5, 0.6) is 5.75 Å². The third-order valence-corrected chi connectivity index (χ3v) is 9.53. The Morgan fingerprint density at radius 1 is 1.23 bits per heavy atom. The smallest absolute Gasteiger partial charge is 0.420 e. The molecule has 0 radical (unpaired) electrons. The van der Waals surface area contributed by atoms with E-state index < -0.39 is 67.9 Å². The molecule has 0 saturated carbocycles. The number of alkyl halides is 4. The number of hydrogen-bond donors (Lipinski definition) is 4. The molecule has 0 saturated heterocycles. The number of benzene rings is 2. The van der Waals surface area contributed by atoms with Gasteiger partial charge in [-0.2, -0.15) is 13.2 Å². The number of rotatable bonds is 9. The van der Waals surface area contributed by atoms with E-state index in [1.807, 2.05) is 0 Å². The Morgan fingerprint density at radius 2 is 1.86 bits per heavy atom. The van der Waals surface area contributed by atoms with Crippen LogP contribution < -0.4 is 14.8 Å². The van der Waals surface area contributed by atoms with Crippen molar-refractivity contribution in [3.8, 4) is 5.75 Å². The van der Waals surface area contributed by atoms with Gasteiger partial charge in [-0.25, -0.2) is 21.9 Å². The average molecular weight is 562 g/mol. The largest absolute Gasteiger partial charge is 0.491 e. The molecule has 0 fully saturated rings. The van der Waals surface area contributed by atoms with Gasteiger partial charge in [-0.3, -0.25) is 4.57 Å². The molecule has 194 valence electrons. The first-order valence-corrected chi connectivity index (χ1v) is 14.0. The summed E-state index contributed by atoms with van der Waals surface area (Å²) < 4.78 is 113. The Morgan fingerprint density at radius 3 is 2.43 bits per heavy atom. The first-order chi connectivity index (χ1) is 16.0. The lowest BCUT2D eigenvalue weighted by Crippen LogP contribution is -2.41. The minimum absolute atomic E-state index is 0.0188. The van der Waals surface area contributed by atoms with Crippen LogP contribution in [0.2, 0.25) is 0 Å². The summed E-state index contributed by atoms with van der Waals surface area (Å²) in [6.07, 6.45) is -6.65. The summed E-state index contributed by atoms with van der Waals surface area (Å²) in [5, 5.41) is 2.88. The fourth-order valence-electron chi connectivity index (χ4n) is 3.44. The third kappa shape index (κ3) is 6.27. The molecule has 1 heterocycles. The van der Waals surface area contributed by atoms with E-state index in [0.717, 1.165) is 0 Å². The van der Waals surface area contributed by atoms with Crippen molar-refractivity contribution < 1.29 is 49.5 Å². The molecule has 1 aliphatic heterocycles. The van der Waals surface area contributed by atoms with Gasteiger partial charge in [0, 0.05) is 23.9 Å². The van der Waals surface area contributed by atoms with Gasteiger partial charge in [0.25, 0.3) is 0 Å². The number of fused-ring (bicyclic) bond motifs is 1. The Labute approximate surface area is 201 Å². The molecule has 16 heteroatoms. The number of halogens is 5. The highest BCUT2D eigenvalue weighted by Crippen LogP contribution is 2.58. The maximum atomic E-state index is 15.8. The summed E-state index contributed by atoms with van der Waals surface area (Å²) in [5.41, 5.74) is -5.57. The van der Waals surface area contributed by atoms with Crippen molar-refractivity contribution in [3.05, 3.63) is 53.3 Å². The van der Waals surface area contributed by atoms with Crippen LogP contribution in [0.3, 0.4) is 0 Å². The van der Waals surface area contributed by atoms with Crippen LogP contribution >= 0.6 is 19.4 Å². The van der Waals surface area contributed by atoms with Gasteiger partial charge in [0.2, 0.25) is 10.0 Å². The fourth-order valence-corrected chi connectivity index (χ4v) is 7.83. The molecule has 0 aliphatic carbocycles. The SMILES string of the molecule is CC1(F)c2c(c(F)cc(OCCNc3ccccc3)c2C(F)(F)F)SC1S(=O)(=O)NCP(=O)(O)O. The van der Waals surface area contributed by atoms with E-state index in [2.05, 4.69) is 5.32 Å². The molecule has 2 aromatic carbocycles. The number of thioether (sulfide) groups is 1. The Hall–Kier alpha value is -1.90. The first kappa shape index (κ1) is 27.7. The van der Waals surface area contributed by atoms with Gasteiger partial charge >= 0.3 is 13.8 Å². The van der Waals surface area contributed by atoms with Crippen LogP contribution in [0.4, 0.5) is 27.6 Å². The van der Waals surface area contributed by atoms with Crippen LogP contribution in [-0.2, 0) is 26.4 Å². The summed E-state index contributed by atoms with van der Waals surface area (Å²) in [7, 11) is -9.86. The number of para-hydroxylation sites is 1. The topological polar surface area (TPSA) is 125 Å². The number of hydrogen-bond acceptors (Lipinski definition) is 6. The standard InChI is InChI=1S/C19H20F5N2O6PS2/c1-18(21)15-14(19(22,23)24)13(32-8-7-25-11-5-3-2-4-6-11)9-12(20)16(15)34-17(18)35(30,31)26-10-33(27,28)29/h2-6,9,17,25-26H,7-8,10H2,1H3,(H2,27,28,29). The van der Waals surface area contributed by atoms with Crippen molar-refractivity contribution in [2.24, 2.45) is 0 Å². The maximum absolute atomic E-state index is 15.8. The van der Waals surface area contributed by atoms with E-state index in [-0.39, 0.29) is 24.9 Å². The molecule has 4 N–H and O–H groups in total. The molecule has 0 amide bonds. The van der Waals surface area contributed by atoms with Crippen molar-refractivity contribution in [1.29, 1.82) is 0 Å². The highest BCUT2D eigenvalue weighted by molar-refractivity contribution is 8.13. The summed E-state index contributed by atoms with van der Waals surface area (Å²) in [6.45, 7) is 0.186. The predicted molar refractivity (Wildman–Crippen MR) is 119 cm³/mol. The van der Waals surface area contributed by atoms with Crippen LogP contribution in [0.15, 0.2) is 41.3 Å². The molecular formula is C19H20F5N2O6PS2. The number of anilines is 1. The maximum Gasteiger partial charge on any atom is 0.420 e. The molecule has 8 nitrogen and oxygen atoms in total. The minimum Gasteiger partial charge on any atom is -0.491 e. The second-order valence-corrected chi connectivity index (χ2v) is 12.5. The normalized spacial score (nSPS) is 20.5. The Kier molecular flexibility index (Phi) is 7.80. The van der Waals surface area contributed by atoms with Crippen molar-refractivity contribution in [1.82, 2.24) is 4.72 Å². The van der Waals surface area contributed by atoms with Crippen molar-refractivity contribution in [2.45, 2.75) is 28.2 Å². The molecule has 1 aliphatic rings. The zero-order valence-electron chi connectivity index (χ0n) is 17.8. The van der Waals surface area contributed by atoms with Crippen molar-refractivity contribution >= 4 is 35.1 Å². The van der Waals surface area contributed by atoms with Gasteiger partial charge in [-0.1, -0.05) is 30.0 Å². The second-order valence-electron chi connectivity index (χ2n) is 7.61. The number of ether oxygens (including phenoxy) is 1. The lowest BCUT2D eigenvalue weighted by atomic mass is 9.93. The van der Waals surface area contributed by atoms with Crippen molar-refractivity contribution in [3.63, 3.8) is 0 Å². The van der Waals surface area contributed by atoms with Crippen LogP contribution in [-0.4, -0.2) is 42.2 Å². The Balaban J connectivity index is 1.94. The van der Waals surface area contributed by atoms with Crippen LogP contribution in [0.25, 0.3) is 0 Å². The van der Waals surface area contributed by atoms with Gasteiger partial charge in [0.05, 0.1) is 4.90 Å². The van der Waals surface area contributed by atoms with Crippen molar-refractivity contribution in [2.75, 3.05) is 24.8 Å². The fraction of sp³-hybridized carbons (Fsp3) is 0.368. The summed E-state index contributed by atoms with van der Waals surface area (Å²) in [5.74, 6) is -2.35. The minimum atomic E-state index is -5.24. The molecule has 2 unspecified atom stereocenters. The second kappa shape index (κ2) is 9.87. The number of sulfonamides is 1. The first-order valence-electron chi connectivity index (χ1n) is 9.78. The van der Waals surface area contributed by atoms with Crippen LogP contribution in [0, 0.1) is 5.82 Å². The molecule has 35 heavy (non-hydrogen) atoms. The summed E-state index contributed by atoms with van der Waals surface area (Å²) in [4.78, 5) is 16.9. The molecule has 0 bridgehead atoms. The van der Waals surface area contributed by atoms with Crippen LogP contribution in [0.1, 0.15) is 18.1 Å². The average Bonchev–Trinajstić information content (AvgIpc) is 3.02. The predicted octanol–water partition coefficient (Wildman–Crippen LogP) is 4.01. The summed E-state index contributed by atoms with van der Waals surface area (Å²) >= 11 is -0.0295. The number of nitrogens with one attached hydrogen (secondary N) is 2. The highest BCUT2D eigenvalue weighted by atomic mass is 32.3. The van der Waals surface area contributed by atoms with E-state index >= 15 is 4.39 Å². The molecule has 2 aromatic rings.